The van der Waals surface area contributed by atoms with Gasteiger partial charge in [0, 0.05) is 17.5 Å². The number of thiazole rings is 1. The average Bonchev–Trinajstić information content (AvgIpc) is 2.72. The van der Waals surface area contributed by atoms with Crippen molar-refractivity contribution in [1.82, 2.24) is 10.3 Å². The Morgan fingerprint density at radius 2 is 2.18 bits per heavy atom. The van der Waals surface area contributed by atoms with E-state index in [4.69, 9.17) is 5.73 Å². The highest BCUT2D eigenvalue weighted by atomic mass is 32.1. The third-order valence-electron chi connectivity index (χ3n) is 2.46. The number of hydrogen-bond donors (Lipinski definition) is 2. The van der Waals surface area contributed by atoms with Crippen LogP contribution in [0.3, 0.4) is 0 Å². The second kappa shape index (κ2) is 8.20. The van der Waals surface area contributed by atoms with E-state index in [0.29, 0.717) is 13.0 Å². The molecule has 1 rings (SSSR count). The molecule has 0 aromatic carbocycles. The largest absolute Gasteiger partial charge is 0.350 e. The molecule has 1 heterocycles. The molecule has 0 aliphatic rings. The van der Waals surface area contributed by atoms with E-state index in [0.717, 1.165) is 37.2 Å². The van der Waals surface area contributed by atoms with Crippen LogP contribution in [0.25, 0.3) is 0 Å². The van der Waals surface area contributed by atoms with Crippen molar-refractivity contribution >= 4 is 17.2 Å². The first-order valence-corrected chi connectivity index (χ1v) is 6.92. The van der Waals surface area contributed by atoms with Crippen LogP contribution in [0.1, 0.15) is 42.0 Å². The summed E-state index contributed by atoms with van der Waals surface area (Å²) in [6, 6.07) is 0. The predicted molar refractivity (Wildman–Crippen MR) is 70.8 cm³/mol. The van der Waals surface area contributed by atoms with Crippen molar-refractivity contribution in [2.24, 2.45) is 5.73 Å². The lowest BCUT2D eigenvalue weighted by atomic mass is 10.1. The number of amides is 1. The molecule has 0 unspecified atom stereocenters. The Balaban J connectivity index is 2.05. The van der Waals surface area contributed by atoms with Gasteiger partial charge in [0.15, 0.2) is 0 Å². The lowest BCUT2D eigenvalue weighted by Crippen LogP contribution is -2.22. The van der Waals surface area contributed by atoms with Gasteiger partial charge in [-0.2, -0.15) is 0 Å². The maximum atomic E-state index is 11.5. The molecule has 4 nitrogen and oxygen atoms in total. The van der Waals surface area contributed by atoms with E-state index >= 15 is 0 Å². The summed E-state index contributed by atoms with van der Waals surface area (Å²) in [6.45, 7) is 3.32. The topological polar surface area (TPSA) is 68.0 Å². The highest BCUT2D eigenvalue weighted by molar-refractivity contribution is 7.11. The molecule has 0 saturated carbocycles. The first kappa shape index (κ1) is 14.1. The summed E-state index contributed by atoms with van der Waals surface area (Å²) in [5.41, 5.74) is 5.40. The maximum Gasteiger partial charge on any atom is 0.220 e. The lowest BCUT2D eigenvalue weighted by Gasteiger charge is -2.02. The van der Waals surface area contributed by atoms with Crippen LogP contribution in [0.2, 0.25) is 0 Å². The van der Waals surface area contributed by atoms with E-state index in [1.807, 2.05) is 13.1 Å². The molecular weight excluding hydrogens is 234 g/mol. The van der Waals surface area contributed by atoms with Crippen LogP contribution in [-0.4, -0.2) is 17.4 Å². The standard InChI is InChI=1S/C12H21N3OS/c1-10-8-15-12(17-10)9-14-11(16)6-4-2-3-5-7-13/h8H,2-7,9,13H2,1H3,(H,14,16). The molecule has 3 N–H and O–H groups in total. The molecular formula is C12H21N3OS. The molecule has 0 aliphatic heterocycles. The van der Waals surface area contributed by atoms with Gasteiger partial charge in [0.1, 0.15) is 5.01 Å². The van der Waals surface area contributed by atoms with E-state index < -0.39 is 0 Å². The molecule has 0 aliphatic carbocycles. The molecule has 0 radical (unpaired) electrons. The third-order valence-corrected chi connectivity index (χ3v) is 3.38. The van der Waals surface area contributed by atoms with Crippen LogP contribution < -0.4 is 11.1 Å². The zero-order valence-corrected chi connectivity index (χ0v) is 11.2. The molecule has 96 valence electrons. The molecule has 1 amide bonds. The van der Waals surface area contributed by atoms with Crippen molar-refractivity contribution in [1.29, 1.82) is 0 Å². The van der Waals surface area contributed by atoms with E-state index in [1.165, 1.54) is 4.88 Å². The number of nitrogens with two attached hydrogens (primary N) is 1. The van der Waals surface area contributed by atoms with Crippen LogP contribution in [0.4, 0.5) is 0 Å². The summed E-state index contributed by atoms with van der Waals surface area (Å²) in [6.07, 6.45) is 6.65. The van der Waals surface area contributed by atoms with Gasteiger partial charge in [-0.1, -0.05) is 12.8 Å². The number of rotatable bonds is 8. The second-order valence-electron chi connectivity index (χ2n) is 4.09. The normalized spacial score (nSPS) is 10.5. The number of nitrogens with one attached hydrogen (secondary N) is 1. The van der Waals surface area contributed by atoms with Crippen molar-refractivity contribution in [3.63, 3.8) is 0 Å². The summed E-state index contributed by atoms with van der Waals surface area (Å²) < 4.78 is 0. The van der Waals surface area contributed by atoms with Gasteiger partial charge < -0.3 is 11.1 Å². The highest BCUT2D eigenvalue weighted by Gasteiger charge is 2.03. The fraction of sp³-hybridized carbons (Fsp3) is 0.667. The van der Waals surface area contributed by atoms with Crippen LogP contribution in [0, 0.1) is 6.92 Å². The van der Waals surface area contributed by atoms with Gasteiger partial charge in [-0.3, -0.25) is 4.79 Å². The summed E-state index contributed by atoms with van der Waals surface area (Å²) in [5.74, 6) is 0.116. The number of aryl methyl sites for hydroxylation is 1. The summed E-state index contributed by atoms with van der Waals surface area (Å²) in [7, 11) is 0. The Kier molecular flexibility index (Phi) is 6.81. The first-order chi connectivity index (χ1) is 8.22. The fourth-order valence-corrected chi connectivity index (χ4v) is 2.26. The van der Waals surface area contributed by atoms with Crippen molar-refractivity contribution in [3.05, 3.63) is 16.1 Å². The Morgan fingerprint density at radius 3 is 2.82 bits per heavy atom. The maximum absolute atomic E-state index is 11.5. The van der Waals surface area contributed by atoms with Gasteiger partial charge in [-0.25, -0.2) is 4.98 Å². The minimum atomic E-state index is 0.116. The van der Waals surface area contributed by atoms with Crippen molar-refractivity contribution in [2.45, 2.75) is 45.6 Å². The van der Waals surface area contributed by atoms with Crippen molar-refractivity contribution < 1.29 is 4.79 Å². The van der Waals surface area contributed by atoms with Gasteiger partial charge in [0.2, 0.25) is 5.91 Å². The SMILES string of the molecule is Cc1cnc(CNC(=O)CCCCCCN)s1. The Labute approximate surface area is 107 Å². The molecule has 5 heteroatoms. The minimum Gasteiger partial charge on any atom is -0.350 e. The highest BCUT2D eigenvalue weighted by Crippen LogP contribution is 2.10. The van der Waals surface area contributed by atoms with Crippen LogP contribution in [-0.2, 0) is 11.3 Å². The Morgan fingerprint density at radius 1 is 1.41 bits per heavy atom. The Bertz CT molecular complexity index is 338. The summed E-state index contributed by atoms with van der Waals surface area (Å²) in [5, 5.41) is 3.86. The molecule has 0 spiro atoms. The molecule has 17 heavy (non-hydrogen) atoms. The monoisotopic (exact) mass is 255 g/mol. The van der Waals surface area contributed by atoms with Crippen LogP contribution in [0.15, 0.2) is 6.20 Å². The quantitative estimate of drug-likeness (QED) is 0.698. The second-order valence-corrected chi connectivity index (χ2v) is 5.41. The van der Waals surface area contributed by atoms with Crippen molar-refractivity contribution in [2.75, 3.05) is 6.54 Å². The zero-order chi connectivity index (χ0) is 12.5. The number of unbranched alkanes of at least 4 members (excludes halogenated alkanes) is 3. The number of aromatic nitrogens is 1. The molecule has 0 fully saturated rings. The number of nitrogens with zero attached hydrogens (tertiary/aromatic N) is 1. The minimum absolute atomic E-state index is 0.116. The molecule has 0 atom stereocenters. The summed E-state index contributed by atoms with van der Waals surface area (Å²) in [4.78, 5) is 16.9. The van der Waals surface area contributed by atoms with E-state index in [-0.39, 0.29) is 5.91 Å². The van der Waals surface area contributed by atoms with Crippen LogP contribution in [0.5, 0.6) is 0 Å². The molecule has 1 aromatic rings. The van der Waals surface area contributed by atoms with Gasteiger partial charge in [-0.05, 0) is 26.3 Å². The fourth-order valence-electron chi connectivity index (χ4n) is 1.53. The van der Waals surface area contributed by atoms with E-state index in [9.17, 15) is 4.79 Å². The number of carbonyl (C=O) groups is 1. The predicted octanol–water partition coefficient (Wildman–Crippen LogP) is 1.98. The average molecular weight is 255 g/mol. The van der Waals surface area contributed by atoms with E-state index in [1.54, 1.807) is 11.3 Å². The van der Waals surface area contributed by atoms with Gasteiger partial charge in [0.25, 0.3) is 0 Å². The third kappa shape index (κ3) is 6.38. The first-order valence-electron chi connectivity index (χ1n) is 6.10. The van der Waals surface area contributed by atoms with Gasteiger partial charge in [0.05, 0.1) is 6.54 Å². The van der Waals surface area contributed by atoms with E-state index in [2.05, 4.69) is 10.3 Å². The van der Waals surface area contributed by atoms with Crippen molar-refractivity contribution in [3.8, 4) is 0 Å². The molecule has 1 aromatic heterocycles. The summed E-state index contributed by atoms with van der Waals surface area (Å²) >= 11 is 1.62. The van der Waals surface area contributed by atoms with Gasteiger partial charge in [-0.15, -0.1) is 11.3 Å². The molecule has 0 saturated heterocycles. The Hall–Kier alpha value is -0.940. The van der Waals surface area contributed by atoms with Gasteiger partial charge >= 0.3 is 0 Å². The zero-order valence-electron chi connectivity index (χ0n) is 10.4. The smallest absolute Gasteiger partial charge is 0.220 e. The van der Waals surface area contributed by atoms with Crippen LogP contribution >= 0.6 is 11.3 Å². The lowest BCUT2D eigenvalue weighted by molar-refractivity contribution is -0.121. The molecule has 0 bridgehead atoms. The number of hydrogen-bond acceptors (Lipinski definition) is 4. The number of carbonyl (C=O) groups excluding carboxylic acids is 1.